The Bertz CT molecular complexity index is 578. The van der Waals surface area contributed by atoms with Crippen LogP contribution in [0.4, 0.5) is 0 Å². The van der Waals surface area contributed by atoms with E-state index in [1.807, 2.05) is 29.8 Å². The summed E-state index contributed by atoms with van der Waals surface area (Å²) in [6.45, 7) is 0. The predicted octanol–water partition coefficient (Wildman–Crippen LogP) is 3.02. The third kappa shape index (κ3) is 2.82. The van der Waals surface area contributed by atoms with Crippen molar-refractivity contribution in [3.05, 3.63) is 29.0 Å². The molecule has 0 fully saturated rings. The minimum atomic E-state index is -0.744. The Kier molecular flexibility index (Phi) is 3.87. The van der Waals surface area contributed by atoms with Crippen LogP contribution in [0.15, 0.2) is 18.2 Å². The number of halogens is 1. The fourth-order valence-electron chi connectivity index (χ4n) is 2.01. The van der Waals surface area contributed by atoms with Gasteiger partial charge in [-0.25, -0.2) is 4.98 Å². The number of hydrogen-bond donors (Lipinski definition) is 1. The van der Waals surface area contributed by atoms with Crippen molar-refractivity contribution in [2.75, 3.05) is 0 Å². The zero-order valence-corrected chi connectivity index (χ0v) is 10.9. The molecule has 0 aliphatic heterocycles. The molecule has 0 saturated heterocycles. The minimum Gasteiger partial charge on any atom is -0.481 e. The van der Waals surface area contributed by atoms with Crippen molar-refractivity contribution in [2.24, 2.45) is 7.05 Å². The predicted molar refractivity (Wildman–Crippen MR) is 70.9 cm³/mol. The second kappa shape index (κ2) is 5.40. The first-order valence-electron chi connectivity index (χ1n) is 5.90. The standard InChI is InChI=1S/C13H15ClN2O2/c1-16-11-7-6-9(14)8-10(11)15-12(16)4-2-3-5-13(17)18/h6-8H,2-5H2,1H3,(H,17,18). The van der Waals surface area contributed by atoms with Gasteiger partial charge < -0.3 is 9.67 Å². The summed E-state index contributed by atoms with van der Waals surface area (Å²) in [5.74, 6) is 0.226. The Morgan fingerprint density at radius 1 is 1.44 bits per heavy atom. The van der Waals surface area contributed by atoms with E-state index < -0.39 is 5.97 Å². The number of carboxylic acid groups (broad SMARTS) is 1. The van der Waals surface area contributed by atoms with Crippen molar-refractivity contribution in [3.63, 3.8) is 0 Å². The second-order valence-electron chi connectivity index (χ2n) is 4.32. The number of nitrogens with zero attached hydrogens (tertiary/aromatic N) is 2. The van der Waals surface area contributed by atoms with Crippen LogP contribution >= 0.6 is 11.6 Å². The van der Waals surface area contributed by atoms with Crippen molar-refractivity contribution in [1.82, 2.24) is 9.55 Å². The number of aryl methyl sites for hydroxylation is 2. The molecule has 1 N–H and O–H groups in total. The van der Waals surface area contributed by atoms with E-state index >= 15 is 0 Å². The van der Waals surface area contributed by atoms with Crippen LogP contribution in [0.1, 0.15) is 25.1 Å². The van der Waals surface area contributed by atoms with Crippen molar-refractivity contribution >= 4 is 28.6 Å². The Morgan fingerprint density at radius 2 is 2.22 bits per heavy atom. The largest absolute Gasteiger partial charge is 0.481 e. The van der Waals surface area contributed by atoms with Crippen molar-refractivity contribution < 1.29 is 9.90 Å². The average molecular weight is 267 g/mol. The summed E-state index contributed by atoms with van der Waals surface area (Å²) in [6, 6.07) is 5.64. The maximum Gasteiger partial charge on any atom is 0.303 e. The Labute approximate surface area is 110 Å². The van der Waals surface area contributed by atoms with Crippen LogP contribution in [0.2, 0.25) is 5.02 Å². The molecule has 0 amide bonds. The molecule has 0 atom stereocenters. The lowest BCUT2D eigenvalue weighted by Gasteiger charge is -2.01. The molecule has 96 valence electrons. The van der Waals surface area contributed by atoms with Crippen LogP contribution in [0, 0.1) is 0 Å². The molecule has 0 spiro atoms. The van der Waals surface area contributed by atoms with Gasteiger partial charge in [-0.1, -0.05) is 11.6 Å². The van der Waals surface area contributed by atoms with Gasteiger partial charge in [0.15, 0.2) is 0 Å². The number of carbonyl (C=O) groups is 1. The Morgan fingerprint density at radius 3 is 2.94 bits per heavy atom. The molecular weight excluding hydrogens is 252 g/mol. The number of hydrogen-bond acceptors (Lipinski definition) is 2. The second-order valence-corrected chi connectivity index (χ2v) is 4.76. The van der Waals surface area contributed by atoms with E-state index in [4.69, 9.17) is 16.7 Å². The van der Waals surface area contributed by atoms with Gasteiger partial charge in [-0.15, -0.1) is 0 Å². The summed E-state index contributed by atoms with van der Waals surface area (Å²) in [4.78, 5) is 14.9. The number of benzene rings is 1. The topological polar surface area (TPSA) is 55.1 Å². The minimum absolute atomic E-state index is 0.218. The number of fused-ring (bicyclic) bond motifs is 1. The first-order chi connectivity index (χ1) is 8.58. The van der Waals surface area contributed by atoms with Crippen LogP contribution in [0.25, 0.3) is 11.0 Å². The van der Waals surface area contributed by atoms with Gasteiger partial charge in [0.25, 0.3) is 0 Å². The van der Waals surface area contributed by atoms with Gasteiger partial charge >= 0.3 is 5.97 Å². The molecule has 1 heterocycles. The Hall–Kier alpha value is -1.55. The van der Waals surface area contributed by atoms with Gasteiger partial charge in [0.2, 0.25) is 0 Å². The molecule has 0 unspecified atom stereocenters. The summed E-state index contributed by atoms with van der Waals surface area (Å²) >= 11 is 5.93. The fraction of sp³-hybridized carbons (Fsp3) is 0.385. The lowest BCUT2D eigenvalue weighted by atomic mass is 10.2. The monoisotopic (exact) mass is 266 g/mol. The first kappa shape index (κ1) is 12.9. The summed E-state index contributed by atoms with van der Waals surface area (Å²) in [5, 5.41) is 9.25. The number of aromatic nitrogens is 2. The molecule has 1 aromatic carbocycles. The summed E-state index contributed by atoms with van der Waals surface area (Å²) in [7, 11) is 1.97. The van der Waals surface area contributed by atoms with Gasteiger partial charge in [0, 0.05) is 24.9 Å². The molecule has 18 heavy (non-hydrogen) atoms. The van der Waals surface area contributed by atoms with E-state index in [0.29, 0.717) is 11.4 Å². The highest BCUT2D eigenvalue weighted by molar-refractivity contribution is 6.31. The van der Waals surface area contributed by atoms with E-state index in [2.05, 4.69) is 4.98 Å². The smallest absolute Gasteiger partial charge is 0.303 e. The first-order valence-corrected chi connectivity index (χ1v) is 6.28. The molecular formula is C13H15ClN2O2. The molecule has 0 aliphatic carbocycles. The Balaban J connectivity index is 2.09. The van der Waals surface area contributed by atoms with Gasteiger partial charge in [0.05, 0.1) is 11.0 Å². The molecule has 0 aliphatic rings. The zero-order chi connectivity index (χ0) is 13.1. The van der Waals surface area contributed by atoms with Gasteiger partial charge in [0.1, 0.15) is 5.82 Å². The quantitative estimate of drug-likeness (QED) is 0.847. The van der Waals surface area contributed by atoms with Gasteiger partial charge in [-0.3, -0.25) is 4.79 Å². The number of rotatable bonds is 5. The van der Waals surface area contributed by atoms with Crippen LogP contribution in [-0.2, 0) is 18.3 Å². The highest BCUT2D eigenvalue weighted by Gasteiger charge is 2.08. The number of unbranched alkanes of at least 4 members (excludes halogenated alkanes) is 1. The van der Waals surface area contributed by atoms with E-state index in [0.717, 1.165) is 29.7 Å². The molecule has 4 nitrogen and oxygen atoms in total. The molecule has 0 radical (unpaired) electrons. The fourth-order valence-corrected chi connectivity index (χ4v) is 2.17. The van der Waals surface area contributed by atoms with Crippen LogP contribution < -0.4 is 0 Å². The van der Waals surface area contributed by atoms with E-state index in [-0.39, 0.29) is 6.42 Å². The number of imidazole rings is 1. The molecule has 0 bridgehead atoms. The van der Waals surface area contributed by atoms with E-state index in [1.165, 1.54) is 0 Å². The molecule has 5 heteroatoms. The molecule has 1 aromatic heterocycles. The lowest BCUT2D eigenvalue weighted by Crippen LogP contribution is -1.99. The molecule has 2 rings (SSSR count). The van der Waals surface area contributed by atoms with Gasteiger partial charge in [-0.05, 0) is 31.0 Å². The number of aliphatic carboxylic acids is 1. The highest BCUT2D eigenvalue weighted by atomic mass is 35.5. The highest BCUT2D eigenvalue weighted by Crippen LogP contribution is 2.20. The van der Waals surface area contributed by atoms with Crippen LogP contribution in [-0.4, -0.2) is 20.6 Å². The van der Waals surface area contributed by atoms with E-state index in [9.17, 15) is 4.79 Å². The third-order valence-electron chi connectivity index (χ3n) is 2.98. The normalized spacial score (nSPS) is 11.0. The van der Waals surface area contributed by atoms with E-state index in [1.54, 1.807) is 0 Å². The average Bonchev–Trinajstić information content (AvgIpc) is 2.61. The van der Waals surface area contributed by atoms with Crippen molar-refractivity contribution in [1.29, 1.82) is 0 Å². The summed E-state index contributed by atoms with van der Waals surface area (Å²) in [6.07, 6.45) is 2.52. The third-order valence-corrected chi connectivity index (χ3v) is 3.21. The van der Waals surface area contributed by atoms with Crippen LogP contribution in [0.3, 0.4) is 0 Å². The van der Waals surface area contributed by atoms with Crippen molar-refractivity contribution in [2.45, 2.75) is 25.7 Å². The SMILES string of the molecule is Cn1c(CCCCC(=O)O)nc2cc(Cl)ccc21. The molecule has 0 saturated carbocycles. The van der Waals surface area contributed by atoms with Gasteiger partial charge in [-0.2, -0.15) is 0 Å². The number of carboxylic acids is 1. The summed E-state index contributed by atoms with van der Waals surface area (Å²) in [5.41, 5.74) is 1.94. The lowest BCUT2D eigenvalue weighted by molar-refractivity contribution is -0.137. The maximum absolute atomic E-state index is 10.4. The van der Waals surface area contributed by atoms with Crippen LogP contribution in [0.5, 0.6) is 0 Å². The summed E-state index contributed by atoms with van der Waals surface area (Å²) < 4.78 is 2.03. The maximum atomic E-state index is 10.4. The molecule has 2 aromatic rings. The zero-order valence-electron chi connectivity index (χ0n) is 10.2. The van der Waals surface area contributed by atoms with Crippen molar-refractivity contribution in [3.8, 4) is 0 Å².